The summed E-state index contributed by atoms with van der Waals surface area (Å²) in [6.45, 7) is 5.37. The highest BCUT2D eigenvalue weighted by Gasteiger charge is 2.20. The van der Waals surface area contributed by atoms with Gasteiger partial charge in [-0.25, -0.2) is 0 Å². The van der Waals surface area contributed by atoms with Crippen molar-refractivity contribution < 1.29 is 0 Å². The van der Waals surface area contributed by atoms with Gasteiger partial charge in [-0.05, 0) is 48.4 Å². The molecular weight excluding hydrogens is 242 g/mol. The summed E-state index contributed by atoms with van der Waals surface area (Å²) in [4.78, 5) is 0. The van der Waals surface area contributed by atoms with Crippen molar-refractivity contribution in [3.63, 3.8) is 0 Å². The Labute approximate surface area is 122 Å². The molecule has 104 valence electrons. The average molecular weight is 265 g/mol. The number of hydrogen-bond donors (Lipinski definition) is 1. The van der Waals surface area contributed by atoms with Crippen LogP contribution in [0.4, 0.5) is 0 Å². The van der Waals surface area contributed by atoms with E-state index in [1.165, 1.54) is 40.7 Å². The summed E-state index contributed by atoms with van der Waals surface area (Å²) >= 11 is 0. The van der Waals surface area contributed by atoms with Gasteiger partial charge in [0, 0.05) is 12.6 Å². The van der Waals surface area contributed by atoms with Crippen molar-refractivity contribution in [2.45, 2.75) is 45.7 Å². The van der Waals surface area contributed by atoms with E-state index in [-0.39, 0.29) is 0 Å². The molecule has 1 fully saturated rings. The Bertz CT molecular complexity index is 596. The van der Waals surface area contributed by atoms with Crippen LogP contribution in [-0.2, 0) is 13.0 Å². The van der Waals surface area contributed by atoms with Crippen LogP contribution in [-0.4, -0.2) is 6.04 Å². The number of nitrogens with one attached hydrogen (secondary N) is 1. The minimum absolute atomic E-state index is 0.756. The molecule has 0 bridgehead atoms. The standard InChI is InChI=1S/C19H23N/c1-3-15-5-4-6-16(12-15)19-11-14(2)7-8-17(19)13-20-18-9-10-18/h4-8,11-12,18,20H,3,9-10,13H2,1-2H3. The monoisotopic (exact) mass is 265 g/mol. The van der Waals surface area contributed by atoms with Gasteiger partial charge in [0.25, 0.3) is 0 Å². The highest BCUT2D eigenvalue weighted by molar-refractivity contribution is 5.68. The Hall–Kier alpha value is -1.60. The molecule has 1 heteroatoms. The normalized spacial score (nSPS) is 14.5. The second-order valence-electron chi connectivity index (χ2n) is 5.87. The molecule has 0 radical (unpaired) electrons. The lowest BCUT2D eigenvalue weighted by atomic mass is 9.95. The first kappa shape index (κ1) is 13.4. The van der Waals surface area contributed by atoms with Crippen LogP contribution in [0.25, 0.3) is 11.1 Å². The molecule has 0 saturated heterocycles. The second kappa shape index (κ2) is 5.80. The molecule has 3 rings (SSSR count). The lowest BCUT2D eigenvalue weighted by Gasteiger charge is -2.13. The van der Waals surface area contributed by atoms with Crippen LogP contribution in [0.5, 0.6) is 0 Å². The van der Waals surface area contributed by atoms with Gasteiger partial charge in [0.15, 0.2) is 0 Å². The van der Waals surface area contributed by atoms with E-state index in [1.807, 2.05) is 0 Å². The zero-order valence-corrected chi connectivity index (χ0v) is 12.4. The highest BCUT2D eigenvalue weighted by atomic mass is 14.9. The van der Waals surface area contributed by atoms with Crippen molar-refractivity contribution in [1.29, 1.82) is 0 Å². The quantitative estimate of drug-likeness (QED) is 0.840. The predicted molar refractivity (Wildman–Crippen MR) is 85.9 cm³/mol. The molecule has 2 aromatic rings. The molecule has 0 aliphatic heterocycles. The minimum atomic E-state index is 0.756. The number of benzene rings is 2. The molecule has 1 aliphatic carbocycles. The molecule has 1 nitrogen and oxygen atoms in total. The maximum atomic E-state index is 3.63. The molecule has 1 saturated carbocycles. The summed E-state index contributed by atoms with van der Waals surface area (Å²) < 4.78 is 0. The van der Waals surface area contributed by atoms with Crippen molar-refractivity contribution in [2.24, 2.45) is 0 Å². The van der Waals surface area contributed by atoms with Crippen LogP contribution in [0.2, 0.25) is 0 Å². The van der Waals surface area contributed by atoms with Crippen molar-refractivity contribution >= 4 is 0 Å². The van der Waals surface area contributed by atoms with E-state index < -0.39 is 0 Å². The SMILES string of the molecule is CCc1cccc(-c2cc(C)ccc2CNC2CC2)c1. The van der Waals surface area contributed by atoms with Gasteiger partial charge in [0.2, 0.25) is 0 Å². The van der Waals surface area contributed by atoms with Gasteiger partial charge in [-0.3, -0.25) is 0 Å². The lowest BCUT2D eigenvalue weighted by Crippen LogP contribution is -2.15. The van der Waals surface area contributed by atoms with Crippen LogP contribution in [0.3, 0.4) is 0 Å². The Kier molecular flexibility index (Phi) is 3.88. The van der Waals surface area contributed by atoms with Crippen LogP contribution < -0.4 is 5.32 Å². The van der Waals surface area contributed by atoms with Crippen molar-refractivity contribution in [1.82, 2.24) is 5.32 Å². The summed E-state index contributed by atoms with van der Waals surface area (Å²) in [6.07, 6.45) is 3.77. The van der Waals surface area contributed by atoms with Gasteiger partial charge in [0.1, 0.15) is 0 Å². The molecule has 1 aliphatic rings. The maximum Gasteiger partial charge on any atom is 0.0214 e. The van der Waals surface area contributed by atoms with E-state index in [9.17, 15) is 0 Å². The molecule has 0 aromatic heterocycles. The number of rotatable bonds is 5. The van der Waals surface area contributed by atoms with E-state index in [4.69, 9.17) is 0 Å². The summed E-state index contributed by atoms with van der Waals surface area (Å²) in [7, 11) is 0. The summed E-state index contributed by atoms with van der Waals surface area (Å²) in [5, 5.41) is 3.63. The minimum Gasteiger partial charge on any atom is -0.310 e. The third-order valence-corrected chi connectivity index (χ3v) is 4.07. The summed E-state index contributed by atoms with van der Waals surface area (Å²) in [5.41, 5.74) is 6.88. The van der Waals surface area contributed by atoms with Crippen LogP contribution >= 0.6 is 0 Å². The fourth-order valence-corrected chi connectivity index (χ4v) is 2.61. The molecule has 0 atom stereocenters. The third kappa shape index (κ3) is 3.10. The smallest absolute Gasteiger partial charge is 0.0214 e. The Morgan fingerprint density at radius 1 is 1.10 bits per heavy atom. The Balaban J connectivity index is 1.94. The van der Waals surface area contributed by atoms with Crippen LogP contribution in [0.15, 0.2) is 42.5 Å². The molecule has 2 aromatic carbocycles. The zero-order chi connectivity index (χ0) is 13.9. The molecule has 0 amide bonds. The fourth-order valence-electron chi connectivity index (χ4n) is 2.61. The Morgan fingerprint density at radius 3 is 2.70 bits per heavy atom. The molecule has 20 heavy (non-hydrogen) atoms. The summed E-state index contributed by atoms with van der Waals surface area (Å²) in [6, 6.07) is 16.5. The van der Waals surface area contributed by atoms with Gasteiger partial charge in [-0.1, -0.05) is 55.0 Å². The molecule has 0 heterocycles. The fraction of sp³-hybridized carbons (Fsp3) is 0.368. The zero-order valence-electron chi connectivity index (χ0n) is 12.4. The Morgan fingerprint density at radius 2 is 1.95 bits per heavy atom. The van der Waals surface area contributed by atoms with Gasteiger partial charge >= 0.3 is 0 Å². The first-order chi connectivity index (χ1) is 9.76. The third-order valence-electron chi connectivity index (χ3n) is 4.07. The largest absolute Gasteiger partial charge is 0.310 e. The molecule has 0 spiro atoms. The van der Waals surface area contributed by atoms with E-state index in [1.54, 1.807) is 0 Å². The number of aryl methyl sites for hydroxylation is 2. The molecule has 1 N–H and O–H groups in total. The number of hydrogen-bond acceptors (Lipinski definition) is 1. The van der Waals surface area contributed by atoms with Crippen molar-refractivity contribution in [3.05, 3.63) is 59.2 Å². The molecular formula is C19H23N. The van der Waals surface area contributed by atoms with E-state index >= 15 is 0 Å². The van der Waals surface area contributed by atoms with Crippen molar-refractivity contribution in [3.8, 4) is 11.1 Å². The average Bonchev–Trinajstić information content (AvgIpc) is 3.30. The molecule has 0 unspecified atom stereocenters. The lowest BCUT2D eigenvalue weighted by molar-refractivity contribution is 0.688. The second-order valence-corrected chi connectivity index (χ2v) is 5.87. The van der Waals surface area contributed by atoms with E-state index in [0.29, 0.717) is 0 Å². The van der Waals surface area contributed by atoms with Gasteiger partial charge in [-0.2, -0.15) is 0 Å². The van der Waals surface area contributed by atoms with Crippen molar-refractivity contribution in [2.75, 3.05) is 0 Å². The summed E-state index contributed by atoms with van der Waals surface area (Å²) in [5.74, 6) is 0. The maximum absolute atomic E-state index is 3.63. The topological polar surface area (TPSA) is 12.0 Å². The van der Waals surface area contributed by atoms with Gasteiger partial charge < -0.3 is 5.32 Å². The van der Waals surface area contributed by atoms with Crippen LogP contribution in [0, 0.1) is 6.92 Å². The van der Waals surface area contributed by atoms with Gasteiger partial charge in [0.05, 0.1) is 0 Å². The first-order valence-electron chi connectivity index (χ1n) is 7.68. The van der Waals surface area contributed by atoms with Gasteiger partial charge in [-0.15, -0.1) is 0 Å². The first-order valence-corrected chi connectivity index (χ1v) is 7.68. The van der Waals surface area contributed by atoms with Crippen LogP contribution in [0.1, 0.15) is 36.5 Å². The highest BCUT2D eigenvalue weighted by Crippen LogP contribution is 2.27. The van der Waals surface area contributed by atoms with E-state index in [2.05, 4.69) is 61.6 Å². The predicted octanol–water partition coefficient (Wildman–Crippen LogP) is 4.48. The van der Waals surface area contributed by atoms with E-state index in [0.717, 1.165) is 19.0 Å².